The molecule has 0 saturated carbocycles. The van der Waals surface area contributed by atoms with Crippen LogP contribution < -0.4 is 60.2 Å². The first-order valence-electron chi connectivity index (χ1n) is 21.6. The fraction of sp³-hybridized carbons (Fsp3) is 0.488. The summed E-state index contributed by atoms with van der Waals surface area (Å²) in [6, 6.07) is 5.04. The van der Waals surface area contributed by atoms with Gasteiger partial charge in [0.1, 0.15) is 48.0 Å². The maximum Gasteiger partial charge on any atom is 0.327 e. The van der Waals surface area contributed by atoms with Crippen LogP contribution in [0.5, 0.6) is 5.75 Å². The monoisotopic (exact) mass is 985 g/mol. The van der Waals surface area contributed by atoms with Crippen molar-refractivity contribution < 1.29 is 48.6 Å². The number of nitrogens with one attached hydrogen (secondary N) is 7. The van der Waals surface area contributed by atoms with Crippen LogP contribution in [0.15, 0.2) is 64.6 Å². The molecule has 7 amide bonds. The van der Waals surface area contributed by atoms with Crippen LogP contribution in [0.4, 0.5) is 0 Å². The molecule has 25 heteroatoms. The number of amides is 7. The molecular weight excluding hydrogens is 923 g/mol. The van der Waals surface area contributed by atoms with Gasteiger partial charge in [0.2, 0.25) is 41.4 Å². The molecule has 2 aromatic carbocycles. The summed E-state index contributed by atoms with van der Waals surface area (Å²) in [5.41, 5.74) is 22.9. The number of aliphatic imine (C=N–C) groups is 2. The highest BCUT2D eigenvalue weighted by molar-refractivity contribution is 8.77. The van der Waals surface area contributed by atoms with Crippen molar-refractivity contribution in [2.45, 2.75) is 113 Å². The Labute approximate surface area is 401 Å². The molecule has 0 aliphatic carbocycles. The molecule has 23 nitrogen and oxygen atoms in total. The number of aromatic hydroxyl groups is 1. The van der Waals surface area contributed by atoms with E-state index in [1.165, 1.54) is 38.1 Å². The van der Waals surface area contributed by atoms with E-state index in [4.69, 9.17) is 22.9 Å². The highest BCUT2D eigenvalue weighted by Gasteiger charge is 2.41. The molecule has 1 heterocycles. The summed E-state index contributed by atoms with van der Waals surface area (Å²) < 4.78 is -1.32. The predicted molar refractivity (Wildman–Crippen MR) is 258 cm³/mol. The van der Waals surface area contributed by atoms with Gasteiger partial charge in [-0.1, -0.05) is 64.1 Å². The molecule has 68 heavy (non-hydrogen) atoms. The second-order valence-corrected chi connectivity index (χ2v) is 19.4. The minimum atomic E-state index is -1.58. The average molecular weight is 986 g/mol. The number of aliphatic carboxylic acids is 1. The van der Waals surface area contributed by atoms with Gasteiger partial charge >= 0.3 is 5.97 Å². The number of phenolic OH excluding ortho intramolecular Hbond substituents is 1. The zero-order valence-corrected chi connectivity index (χ0v) is 39.9. The number of carboxylic acid groups (broad SMARTS) is 1. The molecular formula is C43H63N13O10S2. The standard InChI is InChI=1S/C43H63N13O10S2/c1-23(50-35(60)28(51-24(2)57)12-8-18-48-41(44)45)34(59)55-32-22-67-68-43(3,4)33(40(65)66)56-38(63)31(21-26-14-16-27(58)17-15-26)54-37(62)30(20-25-10-6-5-7-11-25)53-36(61)29(52-39(32)64)13-9-19-49-42(46)47/h5-7,10-11,14-17,23,28-33,58H,8-9,12-13,18-22H2,1-4H3,(H,50,60)(H,51,57)(H,52,64)(H,53,61)(H,54,62)(H,55,59)(H,56,63)(H,65,66)(H4,44,45,48)(H4,46,47,49)/t23-,28-,29-,30-,31-,32+,33+/m0/s1. The van der Waals surface area contributed by atoms with Gasteiger partial charge in [-0.15, -0.1) is 0 Å². The van der Waals surface area contributed by atoms with Crippen molar-refractivity contribution in [3.05, 3.63) is 65.7 Å². The molecule has 1 aliphatic rings. The largest absolute Gasteiger partial charge is 0.508 e. The third kappa shape index (κ3) is 19.2. The summed E-state index contributed by atoms with van der Waals surface area (Å²) in [7, 11) is 1.97. The fourth-order valence-corrected chi connectivity index (χ4v) is 9.49. The highest BCUT2D eigenvalue weighted by atomic mass is 33.1. The van der Waals surface area contributed by atoms with Crippen molar-refractivity contribution in [3.63, 3.8) is 0 Å². The second-order valence-electron chi connectivity index (χ2n) is 16.4. The minimum Gasteiger partial charge on any atom is -0.508 e. The normalized spacial score (nSPS) is 21.1. The summed E-state index contributed by atoms with van der Waals surface area (Å²) >= 11 is 0. The van der Waals surface area contributed by atoms with Crippen LogP contribution in [-0.4, -0.2) is 135 Å². The van der Waals surface area contributed by atoms with Gasteiger partial charge in [0.05, 0.1) is 4.75 Å². The Morgan fingerprint density at radius 3 is 1.84 bits per heavy atom. The lowest BCUT2D eigenvalue weighted by Gasteiger charge is -2.32. The van der Waals surface area contributed by atoms with Gasteiger partial charge in [0.15, 0.2) is 11.9 Å². The molecule has 7 atom stereocenters. The van der Waals surface area contributed by atoms with E-state index in [0.717, 1.165) is 21.6 Å². The van der Waals surface area contributed by atoms with Crippen LogP contribution in [0.1, 0.15) is 64.5 Å². The summed E-state index contributed by atoms with van der Waals surface area (Å²) in [6.45, 7) is 5.89. The smallest absolute Gasteiger partial charge is 0.327 e. The van der Waals surface area contributed by atoms with Crippen LogP contribution in [0.2, 0.25) is 0 Å². The lowest BCUT2D eigenvalue weighted by Crippen LogP contribution is -2.61. The molecule has 3 rings (SSSR count). The summed E-state index contributed by atoms with van der Waals surface area (Å²) in [5.74, 6) is -7.46. The Bertz CT molecular complexity index is 2140. The van der Waals surface area contributed by atoms with Gasteiger partial charge in [-0.25, -0.2) is 4.79 Å². The molecule has 2 aromatic rings. The molecule has 0 unspecified atom stereocenters. The molecule has 372 valence electrons. The van der Waals surface area contributed by atoms with E-state index < -0.39 is 94.4 Å². The number of hydrogen-bond donors (Lipinski definition) is 13. The van der Waals surface area contributed by atoms with Gasteiger partial charge in [0, 0.05) is 38.6 Å². The summed E-state index contributed by atoms with van der Waals surface area (Å²) in [4.78, 5) is 117. The van der Waals surface area contributed by atoms with Gasteiger partial charge in [0.25, 0.3) is 0 Å². The molecule has 0 bridgehead atoms. The predicted octanol–water partition coefficient (Wildman–Crippen LogP) is -2.02. The van der Waals surface area contributed by atoms with Crippen LogP contribution in [0.25, 0.3) is 0 Å². The van der Waals surface area contributed by atoms with Gasteiger partial charge < -0.3 is 70.4 Å². The lowest BCUT2D eigenvalue weighted by molar-refractivity contribution is -0.143. The van der Waals surface area contributed by atoms with E-state index in [1.807, 2.05) is 0 Å². The van der Waals surface area contributed by atoms with E-state index >= 15 is 0 Å². The SMILES string of the molecule is CC(=O)N[C@@H](CCCN=C(N)N)C(=O)N[C@@H](C)C(=O)N[C@@H]1CSSC(C)(C)[C@@H](C(=O)O)NC(=O)[C@H](Cc2ccc(O)cc2)NC(=O)[C@H](Cc2ccccc2)NC(=O)[C@H](CCCN=C(N)N)NC1=O. The molecule has 0 spiro atoms. The van der Waals surface area contributed by atoms with Crippen molar-refractivity contribution >= 4 is 80.8 Å². The first-order chi connectivity index (χ1) is 32.1. The number of phenols is 1. The first-order valence-corrected chi connectivity index (χ1v) is 23.9. The van der Waals surface area contributed by atoms with E-state index in [-0.39, 0.29) is 68.6 Å². The first kappa shape index (κ1) is 55.6. The third-order valence-electron chi connectivity index (χ3n) is 10.3. The van der Waals surface area contributed by atoms with E-state index in [0.29, 0.717) is 17.5 Å². The number of carboxylic acids is 1. The molecule has 1 fully saturated rings. The van der Waals surface area contributed by atoms with Crippen LogP contribution >= 0.6 is 21.6 Å². The number of benzene rings is 2. The average Bonchev–Trinajstić information content (AvgIpc) is 3.26. The van der Waals surface area contributed by atoms with E-state index in [9.17, 15) is 48.6 Å². The van der Waals surface area contributed by atoms with E-state index in [1.54, 1.807) is 44.2 Å². The number of carbonyl (C=O) groups excluding carboxylic acids is 7. The Kier molecular flexibility index (Phi) is 22.2. The Balaban J connectivity index is 2.06. The van der Waals surface area contributed by atoms with E-state index in [2.05, 4.69) is 47.2 Å². The van der Waals surface area contributed by atoms with Crippen LogP contribution in [0.3, 0.4) is 0 Å². The number of carbonyl (C=O) groups is 8. The maximum atomic E-state index is 14.3. The second kappa shape index (κ2) is 27.2. The van der Waals surface area contributed by atoms with Gasteiger partial charge in [-0.05, 0) is 69.7 Å². The minimum absolute atomic E-state index is 0.0488. The zero-order chi connectivity index (χ0) is 50.6. The zero-order valence-electron chi connectivity index (χ0n) is 38.3. The summed E-state index contributed by atoms with van der Waals surface area (Å²) in [6.07, 6.45) is 0.293. The number of rotatable bonds is 18. The fourth-order valence-electron chi connectivity index (χ4n) is 6.68. The van der Waals surface area contributed by atoms with Crippen molar-refractivity contribution in [2.24, 2.45) is 32.9 Å². The summed E-state index contributed by atoms with van der Waals surface area (Å²) in [5, 5.41) is 38.7. The van der Waals surface area contributed by atoms with Crippen LogP contribution in [0, 0.1) is 0 Å². The number of guanidine groups is 2. The Morgan fingerprint density at radius 1 is 0.750 bits per heavy atom. The quantitative estimate of drug-likeness (QED) is 0.0332. The van der Waals surface area contributed by atoms with Gasteiger partial charge in [-0.3, -0.25) is 43.5 Å². The van der Waals surface area contributed by atoms with Crippen molar-refractivity contribution in [2.75, 3.05) is 18.8 Å². The molecule has 0 aromatic heterocycles. The van der Waals surface area contributed by atoms with Gasteiger partial charge in [-0.2, -0.15) is 0 Å². The topological polar surface area (TPSA) is 390 Å². The third-order valence-corrected chi connectivity index (χ3v) is 13.6. The Morgan fingerprint density at radius 2 is 1.28 bits per heavy atom. The molecule has 1 aliphatic heterocycles. The Hall–Kier alpha value is -6.76. The van der Waals surface area contributed by atoms with Crippen molar-refractivity contribution in [1.29, 1.82) is 0 Å². The maximum absolute atomic E-state index is 14.3. The van der Waals surface area contributed by atoms with Crippen molar-refractivity contribution in [3.8, 4) is 5.75 Å². The number of nitrogens with two attached hydrogens (primary N) is 4. The highest BCUT2D eigenvalue weighted by Crippen LogP contribution is 2.39. The molecule has 17 N–H and O–H groups in total. The molecule has 1 saturated heterocycles. The van der Waals surface area contributed by atoms with Crippen LogP contribution in [-0.2, 0) is 51.2 Å². The number of nitrogens with zero attached hydrogens (tertiary/aromatic N) is 2. The molecule has 0 radical (unpaired) electrons. The number of hydrogen-bond acceptors (Lipinski definition) is 13. The lowest BCUT2D eigenvalue weighted by atomic mass is 9.99. The van der Waals surface area contributed by atoms with Crippen molar-refractivity contribution in [1.82, 2.24) is 37.2 Å².